The number of ether oxygens (including phenoxy) is 1. The van der Waals surface area contributed by atoms with E-state index in [1.807, 2.05) is 29.6 Å². The van der Waals surface area contributed by atoms with Gasteiger partial charge < -0.3 is 4.74 Å². The number of amides is 1. The fourth-order valence-corrected chi connectivity index (χ4v) is 5.58. The summed E-state index contributed by atoms with van der Waals surface area (Å²) in [4.78, 5) is 20.6. The average molecular weight is 463 g/mol. The second-order valence-corrected chi connectivity index (χ2v) is 9.92. The van der Waals surface area contributed by atoms with Crippen molar-refractivity contribution in [2.75, 3.05) is 12.0 Å². The van der Waals surface area contributed by atoms with E-state index in [0.29, 0.717) is 10.9 Å². The molecular formula is C28H34N2O2S. The summed E-state index contributed by atoms with van der Waals surface area (Å²) in [7, 11) is 1.65. The maximum atomic E-state index is 13.9. The minimum atomic E-state index is 0.0273. The smallest absolute Gasteiger partial charge is 0.236 e. The molecule has 1 heterocycles. The molecule has 174 valence electrons. The highest BCUT2D eigenvalue weighted by molar-refractivity contribution is 7.14. The van der Waals surface area contributed by atoms with Crippen LogP contribution >= 0.6 is 11.3 Å². The van der Waals surface area contributed by atoms with E-state index in [9.17, 15) is 4.79 Å². The Hall–Kier alpha value is -2.66. The maximum absolute atomic E-state index is 13.9. The van der Waals surface area contributed by atoms with Gasteiger partial charge in [0.25, 0.3) is 0 Å². The Morgan fingerprint density at radius 1 is 1.09 bits per heavy atom. The standard InChI is InChI=1S/C28H34N2O2S/c1-4-5-8-21-13-17-23(18-14-21)27(31)30(25-9-6-7-10-26(25)32-3)28-29-24(19-33-28)22-15-11-20(2)12-16-22/h6-7,9-12,15-16,19,21,23H,4-5,8,13-14,17-18H2,1-3H3. The van der Waals surface area contributed by atoms with E-state index in [0.717, 1.165) is 48.5 Å². The Balaban J connectivity index is 1.62. The molecule has 0 saturated heterocycles. The van der Waals surface area contributed by atoms with Gasteiger partial charge in [0.15, 0.2) is 5.13 Å². The van der Waals surface area contributed by atoms with Gasteiger partial charge in [-0.1, -0.05) is 68.1 Å². The van der Waals surface area contributed by atoms with Crippen molar-refractivity contribution < 1.29 is 9.53 Å². The topological polar surface area (TPSA) is 42.4 Å². The number of carbonyl (C=O) groups is 1. The van der Waals surface area contributed by atoms with Crippen molar-refractivity contribution in [3.63, 3.8) is 0 Å². The molecule has 4 nitrogen and oxygen atoms in total. The molecule has 5 heteroatoms. The van der Waals surface area contributed by atoms with Crippen molar-refractivity contribution in [2.24, 2.45) is 11.8 Å². The Morgan fingerprint density at radius 3 is 2.52 bits per heavy atom. The second-order valence-electron chi connectivity index (χ2n) is 9.09. The predicted molar refractivity (Wildman–Crippen MR) is 137 cm³/mol. The summed E-state index contributed by atoms with van der Waals surface area (Å²) in [5, 5.41) is 2.74. The van der Waals surface area contributed by atoms with Crippen molar-refractivity contribution >= 4 is 28.1 Å². The van der Waals surface area contributed by atoms with Gasteiger partial charge in [-0.3, -0.25) is 9.69 Å². The number of para-hydroxylation sites is 2. The Bertz CT molecular complexity index is 1050. The van der Waals surface area contributed by atoms with E-state index in [-0.39, 0.29) is 11.8 Å². The summed E-state index contributed by atoms with van der Waals surface area (Å²) < 4.78 is 5.63. The first kappa shape index (κ1) is 23.5. The Morgan fingerprint density at radius 2 is 1.82 bits per heavy atom. The number of nitrogens with zero attached hydrogens (tertiary/aromatic N) is 2. The number of hydrogen-bond donors (Lipinski definition) is 0. The van der Waals surface area contributed by atoms with Crippen LogP contribution in [0.1, 0.15) is 57.4 Å². The second kappa shape index (κ2) is 11.0. The molecule has 3 aromatic rings. The first-order valence-electron chi connectivity index (χ1n) is 12.1. The summed E-state index contributed by atoms with van der Waals surface area (Å²) in [6.45, 7) is 4.33. The number of anilines is 2. The number of aromatic nitrogens is 1. The summed E-state index contributed by atoms with van der Waals surface area (Å²) in [5.74, 6) is 1.62. The third kappa shape index (κ3) is 5.47. The Kier molecular flexibility index (Phi) is 7.81. The summed E-state index contributed by atoms with van der Waals surface area (Å²) >= 11 is 1.51. The van der Waals surface area contributed by atoms with Crippen LogP contribution in [-0.2, 0) is 4.79 Å². The molecular weight excluding hydrogens is 428 g/mol. The number of benzene rings is 2. The normalized spacial score (nSPS) is 18.2. The molecule has 0 N–H and O–H groups in total. The van der Waals surface area contributed by atoms with Gasteiger partial charge in [0.2, 0.25) is 5.91 Å². The predicted octanol–water partition coefficient (Wildman–Crippen LogP) is 7.79. The van der Waals surface area contributed by atoms with Gasteiger partial charge in [0, 0.05) is 16.9 Å². The Labute approximate surface area is 201 Å². The lowest BCUT2D eigenvalue weighted by atomic mass is 9.79. The van der Waals surface area contributed by atoms with Crippen LogP contribution in [0.25, 0.3) is 11.3 Å². The monoisotopic (exact) mass is 462 g/mol. The molecule has 1 aromatic heterocycles. The van der Waals surface area contributed by atoms with Crippen molar-refractivity contribution in [3.8, 4) is 17.0 Å². The number of thiazole rings is 1. The van der Waals surface area contributed by atoms with Gasteiger partial charge in [-0.15, -0.1) is 11.3 Å². The highest BCUT2D eigenvalue weighted by Gasteiger charge is 2.33. The molecule has 1 fully saturated rings. The fourth-order valence-electron chi connectivity index (χ4n) is 4.73. The van der Waals surface area contributed by atoms with Gasteiger partial charge in [-0.25, -0.2) is 4.98 Å². The van der Waals surface area contributed by atoms with Crippen molar-refractivity contribution in [2.45, 2.75) is 58.8 Å². The minimum Gasteiger partial charge on any atom is -0.495 e. The first-order valence-corrected chi connectivity index (χ1v) is 13.0. The lowest BCUT2D eigenvalue weighted by Gasteiger charge is -2.31. The largest absolute Gasteiger partial charge is 0.495 e. The van der Waals surface area contributed by atoms with E-state index in [1.54, 1.807) is 12.0 Å². The van der Waals surface area contributed by atoms with Crippen LogP contribution in [0.15, 0.2) is 53.9 Å². The van der Waals surface area contributed by atoms with Crippen LogP contribution in [-0.4, -0.2) is 18.0 Å². The van der Waals surface area contributed by atoms with Gasteiger partial charge in [0.1, 0.15) is 5.75 Å². The third-order valence-corrected chi connectivity index (χ3v) is 7.56. The highest BCUT2D eigenvalue weighted by atomic mass is 32.1. The van der Waals surface area contributed by atoms with Gasteiger partial charge >= 0.3 is 0 Å². The van der Waals surface area contributed by atoms with Crippen LogP contribution in [0.2, 0.25) is 0 Å². The number of hydrogen-bond acceptors (Lipinski definition) is 4. The van der Waals surface area contributed by atoms with Crippen LogP contribution in [0.3, 0.4) is 0 Å². The molecule has 0 radical (unpaired) electrons. The molecule has 0 aliphatic heterocycles. The molecule has 0 spiro atoms. The maximum Gasteiger partial charge on any atom is 0.236 e. The van der Waals surface area contributed by atoms with E-state index in [4.69, 9.17) is 9.72 Å². The fraction of sp³-hybridized carbons (Fsp3) is 0.429. The first-order chi connectivity index (χ1) is 16.1. The molecule has 0 bridgehead atoms. The van der Waals surface area contributed by atoms with Crippen LogP contribution < -0.4 is 9.64 Å². The summed E-state index contributed by atoms with van der Waals surface area (Å²) in [6, 6.07) is 16.1. The van der Waals surface area contributed by atoms with Crippen molar-refractivity contribution in [1.29, 1.82) is 0 Å². The number of carbonyl (C=O) groups excluding carboxylic acids is 1. The van der Waals surface area contributed by atoms with Crippen LogP contribution in [0, 0.1) is 18.8 Å². The van der Waals surface area contributed by atoms with Crippen LogP contribution in [0.4, 0.5) is 10.8 Å². The third-order valence-electron chi connectivity index (χ3n) is 6.74. The zero-order chi connectivity index (χ0) is 23.2. The van der Waals surface area contributed by atoms with E-state index < -0.39 is 0 Å². The lowest BCUT2D eigenvalue weighted by molar-refractivity contribution is -0.122. The zero-order valence-electron chi connectivity index (χ0n) is 19.9. The molecule has 0 atom stereocenters. The van der Waals surface area contributed by atoms with Gasteiger partial charge in [0.05, 0.1) is 18.5 Å². The zero-order valence-corrected chi connectivity index (χ0v) is 20.7. The number of methoxy groups -OCH3 is 1. The summed E-state index contributed by atoms with van der Waals surface area (Å²) in [5.41, 5.74) is 3.94. The van der Waals surface area contributed by atoms with E-state index >= 15 is 0 Å². The number of rotatable bonds is 8. The van der Waals surface area contributed by atoms with Crippen molar-refractivity contribution in [3.05, 3.63) is 59.5 Å². The molecule has 1 aliphatic carbocycles. The molecule has 0 unspecified atom stereocenters. The van der Waals surface area contributed by atoms with E-state index in [1.165, 1.54) is 36.2 Å². The number of unbranched alkanes of at least 4 members (excludes halogenated alkanes) is 1. The molecule has 1 amide bonds. The quantitative estimate of drug-likeness (QED) is 0.343. The average Bonchev–Trinajstić information content (AvgIpc) is 3.33. The molecule has 33 heavy (non-hydrogen) atoms. The SMILES string of the molecule is CCCCC1CCC(C(=O)N(c2nc(-c3ccc(C)cc3)cs2)c2ccccc2OC)CC1. The lowest BCUT2D eigenvalue weighted by Crippen LogP contribution is -2.35. The molecule has 1 saturated carbocycles. The van der Waals surface area contributed by atoms with Gasteiger partial charge in [-0.2, -0.15) is 0 Å². The molecule has 1 aliphatic rings. The molecule has 2 aromatic carbocycles. The van der Waals surface area contributed by atoms with E-state index in [2.05, 4.69) is 38.1 Å². The van der Waals surface area contributed by atoms with Gasteiger partial charge in [-0.05, 0) is 50.7 Å². The minimum absolute atomic E-state index is 0.0273. The highest BCUT2D eigenvalue weighted by Crippen LogP contribution is 2.41. The van der Waals surface area contributed by atoms with Crippen molar-refractivity contribution in [1.82, 2.24) is 4.98 Å². The van der Waals surface area contributed by atoms with Crippen LogP contribution in [0.5, 0.6) is 5.75 Å². The summed E-state index contributed by atoms with van der Waals surface area (Å²) in [6.07, 6.45) is 8.01. The molecule has 4 rings (SSSR count). The number of aryl methyl sites for hydroxylation is 1.